The monoisotopic (exact) mass is 432 g/mol. The van der Waals surface area contributed by atoms with E-state index in [9.17, 15) is 4.39 Å². The molecule has 1 saturated heterocycles. The van der Waals surface area contributed by atoms with E-state index in [1.165, 1.54) is 12.0 Å². The molecule has 0 atom stereocenters. The molecule has 0 radical (unpaired) electrons. The average molecular weight is 433 g/mol. The third-order valence-corrected chi connectivity index (χ3v) is 5.76. The zero-order chi connectivity index (χ0) is 22.1. The number of piperazine rings is 1. The second-order valence-electron chi connectivity index (χ2n) is 8.07. The Morgan fingerprint density at radius 2 is 1.88 bits per heavy atom. The van der Waals surface area contributed by atoms with Crippen LogP contribution in [0.25, 0.3) is 6.08 Å². The number of nitrogens with one attached hydrogen (secondary N) is 2. The number of allylic oxidation sites excluding steroid dienone is 1. The van der Waals surface area contributed by atoms with Crippen molar-refractivity contribution in [1.29, 1.82) is 0 Å². The highest BCUT2D eigenvalue weighted by molar-refractivity contribution is 5.73. The number of benzene rings is 2. The van der Waals surface area contributed by atoms with Crippen LogP contribution in [-0.4, -0.2) is 36.1 Å². The highest BCUT2D eigenvalue weighted by Gasteiger charge is 2.20. The molecule has 0 amide bonds. The highest BCUT2D eigenvalue weighted by Crippen LogP contribution is 2.36. The summed E-state index contributed by atoms with van der Waals surface area (Å²) in [6.45, 7) is 5.93. The number of hydrogen-bond acceptors (Lipinski definition) is 7. The Kier molecular flexibility index (Phi) is 5.36. The predicted molar refractivity (Wildman–Crippen MR) is 125 cm³/mol. The van der Waals surface area contributed by atoms with E-state index in [4.69, 9.17) is 10.5 Å². The lowest BCUT2D eigenvalue weighted by molar-refractivity contribution is 0.428. The van der Waals surface area contributed by atoms with E-state index in [0.29, 0.717) is 11.4 Å². The molecule has 1 aliphatic carbocycles. The van der Waals surface area contributed by atoms with Gasteiger partial charge >= 0.3 is 0 Å². The van der Waals surface area contributed by atoms with E-state index < -0.39 is 5.82 Å². The normalized spacial score (nSPS) is 15.3. The summed E-state index contributed by atoms with van der Waals surface area (Å²) in [4.78, 5) is 10.7. The van der Waals surface area contributed by atoms with Crippen LogP contribution < -0.4 is 26.0 Å². The molecule has 0 saturated carbocycles. The number of anilines is 4. The van der Waals surface area contributed by atoms with Gasteiger partial charge in [-0.25, -0.2) is 9.37 Å². The van der Waals surface area contributed by atoms with Crippen molar-refractivity contribution in [2.24, 2.45) is 0 Å². The van der Waals surface area contributed by atoms with Gasteiger partial charge in [0.05, 0.1) is 0 Å². The minimum absolute atomic E-state index is 0.0893. The number of rotatable bonds is 5. The molecule has 4 N–H and O–H groups in total. The van der Waals surface area contributed by atoms with Crippen LogP contribution in [0.2, 0.25) is 0 Å². The molecule has 0 spiro atoms. The largest absolute Gasteiger partial charge is 0.434 e. The number of ether oxygens (including phenoxy) is 1. The van der Waals surface area contributed by atoms with Crippen LogP contribution in [0.15, 0.2) is 48.3 Å². The molecule has 1 fully saturated rings. The predicted octanol–water partition coefficient (Wildman–Crippen LogP) is 4.10. The molecule has 2 heterocycles. The van der Waals surface area contributed by atoms with E-state index in [0.717, 1.165) is 49.4 Å². The number of nitrogen functional groups attached to an aromatic ring is 1. The third-order valence-electron chi connectivity index (χ3n) is 5.76. The second kappa shape index (κ2) is 8.47. The van der Waals surface area contributed by atoms with Crippen molar-refractivity contribution >= 4 is 29.0 Å². The fourth-order valence-electron chi connectivity index (χ4n) is 4.08. The van der Waals surface area contributed by atoms with Gasteiger partial charge in [-0.05, 0) is 49.2 Å². The molecule has 5 rings (SSSR count). The molecule has 2 aliphatic rings. The Morgan fingerprint density at radius 3 is 2.66 bits per heavy atom. The summed E-state index contributed by atoms with van der Waals surface area (Å²) in [5.41, 5.74) is 11.1. The van der Waals surface area contributed by atoms with Gasteiger partial charge < -0.3 is 26.0 Å². The minimum Gasteiger partial charge on any atom is -0.434 e. The topological polar surface area (TPSA) is 88.3 Å². The Bertz CT molecular complexity index is 1170. The molecule has 164 valence electrons. The molecule has 7 nitrogen and oxygen atoms in total. The van der Waals surface area contributed by atoms with Crippen LogP contribution in [0.5, 0.6) is 11.6 Å². The summed E-state index contributed by atoms with van der Waals surface area (Å²) in [6.07, 6.45) is 3.94. The first-order chi connectivity index (χ1) is 15.6. The van der Waals surface area contributed by atoms with Gasteiger partial charge in [-0.3, -0.25) is 0 Å². The van der Waals surface area contributed by atoms with Crippen LogP contribution in [0, 0.1) is 5.82 Å². The van der Waals surface area contributed by atoms with Gasteiger partial charge in [-0.15, -0.1) is 0 Å². The fourth-order valence-corrected chi connectivity index (χ4v) is 4.08. The summed E-state index contributed by atoms with van der Waals surface area (Å²) < 4.78 is 20.7. The number of nitrogens with zero attached hydrogens (tertiary/aromatic N) is 3. The van der Waals surface area contributed by atoms with Crippen LogP contribution in [0.3, 0.4) is 0 Å². The maximum Gasteiger partial charge on any atom is 0.248 e. The highest BCUT2D eigenvalue weighted by atomic mass is 19.1. The number of nitrogens with two attached hydrogens (primary N) is 1. The molecular formula is C24H25FN6O. The molecule has 2 aromatic carbocycles. The summed E-state index contributed by atoms with van der Waals surface area (Å²) in [5, 5.41) is 6.55. The zero-order valence-corrected chi connectivity index (χ0v) is 17.9. The van der Waals surface area contributed by atoms with Crippen molar-refractivity contribution in [2.75, 3.05) is 42.1 Å². The number of fused-ring (bicyclic) bond motifs is 1. The van der Waals surface area contributed by atoms with Crippen molar-refractivity contribution in [3.05, 3.63) is 65.2 Å². The van der Waals surface area contributed by atoms with Gasteiger partial charge in [-0.2, -0.15) is 4.98 Å². The Morgan fingerprint density at radius 1 is 1.09 bits per heavy atom. The molecular weight excluding hydrogens is 407 g/mol. The van der Waals surface area contributed by atoms with Crippen LogP contribution in [0.4, 0.5) is 27.3 Å². The standard InChI is InChI=1S/C24H25FN6O/c1-15-12-16-2-7-20(21(25)19(16)13-15)32-24-22(26)23(28-14-29-24)30-17-3-5-18(6-4-17)31-10-8-27-9-11-31/h2-7,13-14,27H,8-12,26H2,1H3,(H,28,29,30). The van der Waals surface area contributed by atoms with E-state index >= 15 is 0 Å². The first kappa shape index (κ1) is 20.3. The van der Waals surface area contributed by atoms with Gasteiger partial charge in [-0.1, -0.05) is 17.7 Å². The summed E-state index contributed by atoms with van der Waals surface area (Å²) >= 11 is 0. The second-order valence-corrected chi connectivity index (χ2v) is 8.07. The van der Waals surface area contributed by atoms with Gasteiger partial charge in [0.2, 0.25) is 5.88 Å². The number of halogens is 1. The fraction of sp³-hybridized carbons (Fsp3) is 0.250. The molecule has 3 aromatic rings. The summed E-state index contributed by atoms with van der Waals surface area (Å²) in [7, 11) is 0. The molecule has 1 aromatic heterocycles. The maximum atomic E-state index is 14.9. The number of aromatic nitrogens is 2. The van der Waals surface area contributed by atoms with E-state index in [-0.39, 0.29) is 17.3 Å². The van der Waals surface area contributed by atoms with Crippen molar-refractivity contribution in [1.82, 2.24) is 15.3 Å². The molecule has 0 unspecified atom stereocenters. The lowest BCUT2D eigenvalue weighted by atomic mass is 10.1. The van der Waals surface area contributed by atoms with Crippen molar-refractivity contribution in [3.63, 3.8) is 0 Å². The van der Waals surface area contributed by atoms with Gasteiger partial charge in [0.1, 0.15) is 12.0 Å². The molecule has 32 heavy (non-hydrogen) atoms. The third kappa shape index (κ3) is 3.97. The summed E-state index contributed by atoms with van der Waals surface area (Å²) in [6, 6.07) is 11.6. The lowest BCUT2D eigenvalue weighted by Gasteiger charge is -2.29. The zero-order valence-electron chi connectivity index (χ0n) is 17.9. The quantitative estimate of drug-likeness (QED) is 0.559. The average Bonchev–Trinajstić information content (AvgIpc) is 3.20. The van der Waals surface area contributed by atoms with Gasteiger partial charge in [0.25, 0.3) is 0 Å². The molecule has 0 bridgehead atoms. The first-order valence-corrected chi connectivity index (χ1v) is 10.7. The molecule has 1 aliphatic heterocycles. The Hall–Kier alpha value is -3.65. The van der Waals surface area contributed by atoms with Gasteiger partial charge in [0, 0.05) is 43.1 Å². The minimum atomic E-state index is -0.407. The molecule has 8 heteroatoms. The Balaban J connectivity index is 1.34. The van der Waals surface area contributed by atoms with Crippen LogP contribution >= 0.6 is 0 Å². The van der Waals surface area contributed by atoms with E-state index in [1.807, 2.05) is 31.2 Å². The smallest absolute Gasteiger partial charge is 0.248 e. The van der Waals surface area contributed by atoms with Crippen molar-refractivity contribution in [2.45, 2.75) is 13.3 Å². The van der Waals surface area contributed by atoms with Crippen LogP contribution in [0.1, 0.15) is 18.1 Å². The SMILES string of the molecule is CC1=Cc2c(ccc(Oc3ncnc(Nc4ccc(N5CCNCC5)cc4)c3N)c2F)C1. The Labute approximate surface area is 186 Å². The van der Waals surface area contributed by atoms with Crippen molar-refractivity contribution in [3.8, 4) is 11.6 Å². The van der Waals surface area contributed by atoms with E-state index in [2.05, 4.69) is 37.6 Å². The van der Waals surface area contributed by atoms with Gasteiger partial charge in [0.15, 0.2) is 17.4 Å². The van der Waals surface area contributed by atoms with Crippen LogP contribution in [-0.2, 0) is 6.42 Å². The maximum absolute atomic E-state index is 14.9. The number of hydrogen-bond donors (Lipinski definition) is 3. The van der Waals surface area contributed by atoms with E-state index in [1.54, 1.807) is 6.07 Å². The lowest BCUT2D eigenvalue weighted by Crippen LogP contribution is -2.43. The van der Waals surface area contributed by atoms with Crippen molar-refractivity contribution < 1.29 is 9.13 Å². The first-order valence-electron chi connectivity index (χ1n) is 10.7. The summed E-state index contributed by atoms with van der Waals surface area (Å²) in [5.74, 6) is 0.196.